The van der Waals surface area contributed by atoms with Gasteiger partial charge in [-0.1, -0.05) is 30.3 Å². The predicted molar refractivity (Wildman–Crippen MR) is 85.6 cm³/mol. The van der Waals surface area contributed by atoms with E-state index in [0.717, 1.165) is 0 Å². The van der Waals surface area contributed by atoms with Gasteiger partial charge < -0.3 is 11.1 Å². The number of nitrogens with zero attached hydrogens (tertiary/aromatic N) is 3. The van der Waals surface area contributed by atoms with E-state index in [1.54, 1.807) is 28.8 Å². The summed E-state index contributed by atoms with van der Waals surface area (Å²) in [5.74, 6) is 0.0686. The number of nitrogen functional groups attached to an aromatic ring is 1. The largest absolute Gasteiger partial charge is 0.368 e. The number of thioether (sulfide) groups is 1. The van der Waals surface area contributed by atoms with E-state index in [0.29, 0.717) is 22.3 Å². The summed E-state index contributed by atoms with van der Waals surface area (Å²) in [5.41, 5.74) is 6.50. The number of carbonyl (C=O) groups excluding carboxylic acids is 1. The maximum absolute atomic E-state index is 12.5. The number of nitrogens with two attached hydrogens (primary N) is 1. The molecule has 1 aromatic heterocycles. The van der Waals surface area contributed by atoms with Crippen LogP contribution in [0, 0.1) is 0 Å². The summed E-state index contributed by atoms with van der Waals surface area (Å²) in [4.78, 5) is 12.5. The molecule has 1 atom stereocenters. The lowest BCUT2D eigenvalue weighted by atomic mass is 10.2. The Hall–Kier alpha value is -1.73. The summed E-state index contributed by atoms with van der Waals surface area (Å²) >= 11 is 7.22. The van der Waals surface area contributed by atoms with E-state index in [4.69, 9.17) is 17.3 Å². The summed E-state index contributed by atoms with van der Waals surface area (Å²) in [6, 6.07) is 6.48. The second-order valence-electron chi connectivity index (χ2n) is 4.34. The number of aromatic nitrogens is 3. The molecule has 0 saturated carbocycles. The van der Waals surface area contributed by atoms with Crippen molar-refractivity contribution in [3.63, 3.8) is 0 Å². The van der Waals surface area contributed by atoms with Crippen molar-refractivity contribution in [2.24, 2.45) is 0 Å². The first-order chi connectivity index (χ1) is 10.1. The van der Waals surface area contributed by atoms with Gasteiger partial charge in [0.25, 0.3) is 0 Å². The van der Waals surface area contributed by atoms with Crippen LogP contribution >= 0.6 is 23.4 Å². The maximum Gasteiger partial charge on any atom is 0.247 e. The molecule has 1 heterocycles. The van der Waals surface area contributed by atoms with Gasteiger partial charge in [0, 0.05) is 10.7 Å². The molecular formula is C13H16ClN5OS. The van der Waals surface area contributed by atoms with Gasteiger partial charge in [0.1, 0.15) is 6.04 Å². The number of benzene rings is 1. The van der Waals surface area contributed by atoms with Gasteiger partial charge in [-0.25, -0.2) is 0 Å². The number of carbonyl (C=O) groups is 1. The Bertz CT molecular complexity index is 628. The Morgan fingerprint density at radius 2 is 2.10 bits per heavy atom. The number of halogens is 1. The number of amides is 1. The standard InChI is InChI=1S/C13H16ClN5OS/c1-3-10(19-12(15)17-18-13(19)21-2)11(20)16-9-6-4-8(14)5-7-9/h4-7,10H,3H2,1-2H3,(H2,15,17)(H,16,20). The number of hydrogen-bond donors (Lipinski definition) is 2. The molecule has 0 aliphatic heterocycles. The molecular weight excluding hydrogens is 310 g/mol. The molecule has 2 aromatic rings. The lowest BCUT2D eigenvalue weighted by Crippen LogP contribution is -2.27. The minimum atomic E-state index is -0.460. The van der Waals surface area contributed by atoms with E-state index >= 15 is 0 Å². The third-order valence-corrected chi connectivity index (χ3v) is 3.88. The van der Waals surface area contributed by atoms with Gasteiger partial charge in [0.05, 0.1) is 0 Å². The Morgan fingerprint density at radius 3 is 2.67 bits per heavy atom. The molecule has 3 N–H and O–H groups in total. The van der Waals surface area contributed by atoms with Gasteiger partial charge in [-0.15, -0.1) is 10.2 Å². The van der Waals surface area contributed by atoms with Crippen LogP contribution in [-0.4, -0.2) is 26.9 Å². The lowest BCUT2D eigenvalue weighted by Gasteiger charge is -2.18. The van der Waals surface area contributed by atoms with Crippen LogP contribution in [0.2, 0.25) is 5.02 Å². The van der Waals surface area contributed by atoms with Crippen molar-refractivity contribution in [2.75, 3.05) is 17.3 Å². The first-order valence-electron chi connectivity index (χ1n) is 6.37. The van der Waals surface area contributed by atoms with Gasteiger partial charge in [0.2, 0.25) is 11.9 Å². The Morgan fingerprint density at radius 1 is 1.43 bits per heavy atom. The quantitative estimate of drug-likeness (QED) is 0.825. The van der Waals surface area contributed by atoms with Crippen LogP contribution in [0.4, 0.5) is 11.6 Å². The van der Waals surface area contributed by atoms with Crippen molar-refractivity contribution in [3.05, 3.63) is 29.3 Å². The van der Waals surface area contributed by atoms with Crippen LogP contribution in [0.25, 0.3) is 0 Å². The first-order valence-corrected chi connectivity index (χ1v) is 7.97. The van der Waals surface area contributed by atoms with Crippen molar-refractivity contribution >= 4 is 40.9 Å². The second kappa shape index (κ2) is 6.82. The molecule has 112 valence electrons. The zero-order valence-electron chi connectivity index (χ0n) is 11.7. The van der Waals surface area contributed by atoms with Crippen molar-refractivity contribution < 1.29 is 4.79 Å². The molecule has 1 aromatic carbocycles. The number of rotatable bonds is 5. The molecule has 1 amide bonds. The van der Waals surface area contributed by atoms with E-state index in [2.05, 4.69) is 15.5 Å². The number of nitrogens with one attached hydrogen (secondary N) is 1. The Balaban J connectivity index is 2.22. The molecule has 0 radical (unpaired) electrons. The third-order valence-electron chi connectivity index (χ3n) is 2.99. The molecule has 1 unspecified atom stereocenters. The lowest BCUT2D eigenvalue weighted by molar-refractivity contribution is -0.119. The molecule has 0 saturated heterocycles. The molecule has 0 fully saturated rings. The van der Waals surface area contributed by atoms with Crippen LogP contribution in [-0.2, 0) is 4.79 Å². The summed E-state index contributed by atoms with van der Waals surface area (Å²) in [7, 11) is 0. The van der Waals surface area contributed by atoms with Crippen molar-refractivity contribution in [1.82, 2.24) is 14.8 Å². The Labute approximate surface area is 132 Å². The SMILES string of the molecule is CCC(C(=O)Nc1ccc(Cl)cc1)n1c(N)nnc1SC. The van der Waals surface area contributed by atoms with Crippen LogP contribution in [0.15, 0.2) is 29.4 Å². The normalized spacial score (nSPS) is 12.1. The highest BCUT2D eigenvalue weighted by atomic mass is 35.5. The van der Waals surface area contributed by atoms with E-state index in [-0.39, 0.29) is 11.9 Å². The fourth-order valence-electron chi connectivity index (χ4n) is 1.96. The topological polar surface area (TPSA) is 85.8 Å². The zero-order chi connectivity index (χ0) is 15.4. The van der Waals surface area contributed by atoms with Crippen LogP contribution in [0.1, 0.15) is 19.4 Å². The fraction of sp³-hybridized carbons (Fsp3) is 0.308. The van der Waals surface area contributed by atoms with E-state index < -0.39 is 6.04 Å². The molecule has 8 heteroatoms. The minimum Gasteiger partial charge on any atom is -0.368 e. The summed E-state index contributed by atoms with van der Waals surface area (Å²) in [6.07, 6.45) is 2.44. The first kappa shape index (κ1) is 15.7. The summed E-state index contributed by atoms with van der Waals surface area (Å²) in [5, 5.41) is 11.9. The number of hydrogen-bond acceptors (Lipinski definition) is 5. The third kappa shape index (κ3) is 3.48. The summed E-state index contributed by atoms with van der Waals surface area (Å²) in [6.45, 7) is 1.91. The highest BCUT2D eigenvalue weighted by Crippen LogP contribution is 2.25. The van der Waals surface area contributed by atoms with E-state index in [1.807, 2.05) is 13.2 Å². The molecule has 0 aliphatic carbocycles. The van der Waals surface area contributed by atoms with Gasteiger partial charge in [-0.3, -0.25) is 9.36 Å². The van der Waals surface area contributed by atoms with Gasteiger partial charge >= 0.3 is 0 Å². The average Bonchev–Trinajstić information content (AvgIpc) is 2.84. The van der Waals surface area contributed by atoms with Crippen molar-refractivity contribution in [3.8, 4) is 0 Å². The van der Waals surface area contributed by atoms with E-state index in [9.17, 15) is 4.79 Å². The van der Waals surface area contributed by atoms with Crippen LogP contribution in [0.5, 0.6) is 0 Å². The molecule has 21 heavy (non-hydrogen) atoms. The zero-order valence-corrected chi connectivity index (χ0v) is 13.3. The minimum absolute atomic E-state index is 0.165. The van der Waals surface area contributed by atoms with Gasteiger partial charge in [-0.05, 0) is 36.9 Å². The molecule has 2 rings (SSSR count). The smallest absolute Gasteiger partial charge is 0.247 e. The van der Waals surface area contributed by atoms with Crippen LogP contribution < -0.4 is 11.1 Å². The van der Waals surface area contributed by atoms with Crippen molar-refractivity contribution in [1.29, 1.82) is 0 Å². The van der Waals surface area contributed by atoms with Crippen LogP contribution in [0.3, 0.4) is 0 Å². The number of anilines is 2. The monoisotopic (exact) mass is 325 g/mol. The Kier molecular flexibility index (Phi) is 5.08. The fourth-order valence-corrected chi connectivity index (χ4v) is 2.63. The maximum atomic E-state index is 12.5. The highest BCUT2D eigenvalue weighted by Gasteiger charge is 2.24. The van der Waals surface area contributed by atoms with Crippen molar-refractivity contribution in [2.45, 2.75) is 24.5 Å². The molecule has 0 bridgehead atoms. The molecule has 0 aliphatic rings. The molecule has 6 nitrogen and oxygen atoms in total. The summed E-state index contributed by atoms with van der Waals surface area (Å²) < 4.78 is 1.65. The second-order valence-corrected chi connectivity index (χ2v) is 5.54. The average molecular weight is 326 g/mol. The van der Waals surface area contributed by atoms with Gasteiger partial charge in [-0.2, -0.15) is 0 Å². The predicted octanol–water partition coefficient (Wildman–Crippen LogP) is 2.83. The highest BCUT2D eigenvalue weighted by molar-refractivity contribution is 7.98. The molecule has 0 spiro atoms. The van der Waals surface area contributed by atoms with E-state index in [1.165, 1.54) is 11.8 Å². The van der Waals surface area contributed by atoms with Gasteiger partial charge in [0.15, 0.2) is 5.16 Å².